The summed E-state index contributed by atoms with van der Waals surface area (Å²) in [5.41, 5.74) is -0.834. The molecule has 0 unspecified atom stereocenters. The van der Waals surface area contributed by atoms with Gasteiger partial charge in [-0.3, -0.25) is 14.4 Å². The number of esters is 1. The summed E-state index contributed by atoms with van der Waals surface area (Å²) in [4.78, 5) is 36.7. The molecule has 0 bridgehead atoms. The summed E-state index contributed by atoms with van der Waals surface area (Å²) >= 11 is 0. The highest BCUT2D eigenvalue weighted by Crippen LogP contribution is 2.40. The molecule has 4 heteroatoms. The monoisotopic (exact) mass is 300 g/mol. The first-order valence-corrected chi connectivity index (χ1v) is 7.22. The van der Waals surface area contributed by atoms with Gasteiger partial charge < -0.3 is 4.74 Å². The maximum Gasteiger partial charge on any atom is 0.324 e. The molecule has 1 aromatic carbocycles. The molecule has 0 N–H and O–H groups in total. The van der Waals surface area contributed by atoms with E-state index in [0.29, 0.717) is 5.56 Å². The largest absolute Gasteiger partial charge is 0.459 e. The van der Waals surface area contributed by atoms with Crippen LogP contribution in [0.3, 0.4) is 0 Å². The molecule has 1 atom stereocenters. The third kappa shape index (κ3) is 3.01. The number of rotatable bonds is 3. The van der Waals surface area contributed by atoms with E-state index in [-0.39, 0.29) is 18.0 Å². The molecule has 1 aliphatic rings. The number of hydrogen-bond acceptors (Lipinski definition) is 4. The molecule has 0 radical (unpaired) electrons. The third-order valence-corrected chi connectivity index (χ3v) is 3.50. The second kappa shape index (κ2) is 5.52. The molecule has 2 rings (SSSR count). The lowest BCUT2D eigenvalue weighted by atomic mass is 9.82. The summed E-state index contributed by atoms with van der Waals surface area (Å²) in [5.74, 6) is -1.14. The van der Waals surface area contributed by atoms with Gasteiger partial charge in [-0.2, -0.15) is 0 Å². The number of ketones is 2. The first kappa shape index (κ1) is 16.1. The fourth-order valence-corrected chi connectivity index (χ4v) is 2.51. The van der Waals surface area contributed by atoms with E-state index in [0.717, 1.165) is 5.56 Å². The van der Waals surface area contributed by atoms with Crippen molar-refractivity contribution in [2.45, 2.75) is 39.7 Å². The second-order valence-corrected chi connectivity index (χ2v) is 6.58. The third-order valence-electron chi connectivity index (χ3n) is 3.50. The zero-order chi connectivity index (χ0) is 16.5. The highest BCUT2D eigenvalue weighted by Gasteiger charge is 2.51. The molecular weight excluding hydrogens is 280 g/mol. The quantitative estimate of drug-likeness (QED) is 0.489. The topological polar surface area (TPSA) is 60.4 Å². The van der Waals surface area contributed by atoms with Crippen molar-refractivity contribution in [2.75, 3.05) is 0 Å². The highest BCUT2D eigenvalue weighted by molar-refractivity contribution is 6.18. The van der Waals surface area contributed by atoms with E-state index in [4.69, 9.17) is 4.74 Å². The average molecular weight is 300 g/mol. The van der Waals surface area contributed by atoms with Gasteiger partial charge in [-0.05, 0) is 39.3 Å². The number of ether oxygens (including phenoxy) is 1. The zero-order valence-corrected chi connectivity index (χ0v) is 13.3. The van der Waals surface area contributed by atoms with Crippen LogP contribution in [0.15, 0.2) is 36.4 Å². The molecule has 0 spiro atoms. The smallest absolute Gasteiger partial charge is 0.324 e. The van der Waals surface area contributed by atoms with Crippen LogP contribution >= 0.6 is 0 Å². The fourth-order valence-electron chi connectivity index (χ4n) is 2.51. The molecule has 0 amide bonds. The Labute approximate surface area is 130 Å². The van der Waals surface area contributed by atoms with Gasteiger partial charge in [0, 0.05) is 12.0 Å². The van der Waals surface area contributed by atoms with Crippen molar-refractivity contribution in [3.63, 3.8) is 0 Å². The van der Waals surface area contributed by atoms with Crippen molar-refractivity contribution in [1.82, 2.24) is 0 Å². The number of fused-ring (bicyclic) bond motifs is 1. The van der Waals surface area contributed by atoms with Gasteiger partial charge >= 0.3 is 5.97 Å². The SMILES string of the molecule is CC(=O)/C=C\[C@@]1(C(=O)OC(C)(C)C)Cc2ccccc2C1=O. The molecule has 0 aromatic heterocycles. The molecule has 4 nitrogen and oxygen atoms in total. The number of allylic oxidation sites excluding steroid dienone is 1. The molecule has 1 aliphatic carbocycles. The summed E-state index contributed by atoms with van der Waals surface area (Å²) in [7, 11) is 0. The van der Waals surface area contributed by atoms with Gasteiger partial charge in [0.15, 0.2) is 17.0 Å². The Morgan fingerprint density at radius 2 is 1.86 bits per heavy atom. The van der Waals surface area contributed by atoms with Gasteiger partial charge in [0.2, 0.25) is 0 Å². The van der Waals surface area contributed by atoms with Crippen molar-refractivity contribution >= 4 is 17.5 Å². The van der Waals surface area contributed by atoms with E-state index in [9.17, 15) is 14.4 Å². The van der Waals surface area contributed by atoms with Gasteiger partial charge in [0.1, 0.15) is 5.60 Å². The van der Waals surface area contributed by atoms with Gasteiger partial charge in [0.25, 0.3) is 0 Å². The molecule has 0 fully saturated rings. The first-order chi connectivity index (χ1) is 10.2. The summed E-state index contributed by atoms with van der Waals surface area (Å²) in [6.45, 7) is 6.63. The summed E-state index contributed by atoms with van der Waals surface area (Å²) in [5, 5.41) is 0. The van der Waals surface area contributed by atoms with Crippen LogP contribution in [0, 0.1) is 5.41 Å². The molecule has 0 saturated carbocycles. The predicted octanol–water partition coefficient (Wildman–Crippen LogP) is 2.90. The van der Waals surface area contributed by atoms with E-state index in [1.165, 1.54) is 19.1 Å². The van der Waals surface area contributed by atoms with Crippen molar-refractivity contribution in [3.05, 3.63) is 47.5 Å². The summed E-state index contributed by atoms with van der Waals surface area (Å²) in [6.07, 6.45) is 2.89. The van der Waals surface area contributed by atoms with Crippen LogP contribution in [0.25, 0.3) is 0 Å². The van der Waals surface area contributed by atoms with Crippen LogP contribution in [0.4, 0.5) is 0 Å². The average Bonchev–Trinajstić information content (AvgIpc) is 2.69. The second-order valence-electron chi connectivity index (χ2n) is 6.58. The van der Waals surface area contributed by atoms with Crippen LogP contribution in [0.5, 0.6) is 0 Å². The van der Waals surface area contributed by atoms with Crippen LogP contribution in [-0.4, -0.2) is 23.1 Å². The van der Waals surface area contributed by atoms with Crippen molar-refractivity contribution in [1.29, 1.82) is 0 Å². The molecule has 0 saturated heterocycles. The maximum atomic E-state index is 12.8. The first-order valence-electron chi connectivity index (χ1n) is 7.22. The van der Waals surface area contributed by atoms with Crippen LogP contribution in [0.1, 0.15) is 43.6 Å². The van der Waals surface area contributed by atoms with Crippen LogP contribution < -0.4 is 0 Å². The van der Waals surface area contributed by atoms with E-state index in [1.54, 1.807) is 32.9 Å². The van der Waals surface area contributed by atoms with Crippen molar-refractivity contribution in [3.8, 4) is 0 Å². The number of Topliss-reactive ketones (excluding diaryl/α,β-unsaturated/α-hetero) is 1. The standard InChI is InChI=1S/C18H20O4/c1-12(19)9-10-18(16(21)22-17(2,3)4)11-13-7-5-6-8-14(13)15(18)20/h5-10H,11H2,1-4H3/b10-9-/t18-/m1/s1. The highest BCUT2D eigenvalue weighted by atomic mass is 16.6. The fraction of sp³-hybridized carbons (Fsp3) is 0.389. The van der Waals surface area contributed by atoms with Gasteiger partial charge in [-0.1, -0.05) is 30.3 Å². The Kier molecular flexibility index (Phi) is 4.05. The van der Waals surface area contributed by atoms with Crippen LogP contribution in [0.2, 0.25) is 0 Å². The zero-order valence-electron chi connectivity index (χ0n) is 13.3. The minimum absolute atomic E-state index is 0.216. The Morgan fingerprint density at radius 3 is 2.41 bits per heavy atom. The van der Waals surface area contributed by atoms with Gasteiger partial charge in [-0.25, -0.2) is 0 Å². The lowest BCUT2D eigenvalue weighted by Gasteiger charge is -2.27. The lowest BCUT2D eigenvalue weighted by Crippen LogP contribution is -2.41. The predicted molar refractivity (Wildman–Crippen MR) is 82.6 cm³/mol. The normalized spacial score (nSPS) is 21.0. The van der Waals surface area contributed by atoms with Crippen molar-refractivity contribution < 1.29 is 19.1 Å². The van der Waals surface area contributed by atoms with Crippen LogP contribution in [-0.2, 0) is 20.7 Å². The Morgan fingerprint density at radius 1 is 1.23 bits per heavy atom. The van der Waals surface area contributed by atoms with Gasteiger partial charge in [-0.15, -0.1) is 0 Å². The minimum atomic E-state index is -1.44. The number of carbonyl (C=O) groups is 3. The Balaban J connectivity index is 2.48. The van der Waals surface area contributed by atoms with Gasteiger partial charge in [0.05, 0.1) is 0 Å². The minimum Gasteiger partial charge on any atom is -0.459 e. The number of benzene rings is 1. The summed E-state index contributed by atoms with van der Waals surface area (Å²) < 4.78 is 5.44. The van der Waals surface area contributed by atoms with E-state index < -0.39 is 17.0 Å². The molecule has 116 valence electrons. The number of hydrogen-bond donors (Lipinski definition) is 0. The molecule has 0 heterocycles. The van der Waals surface area contributed by atoms with E-state index in [1.807, 2.05) is 12.1 Å². The Bertz CT molecular complexity index is 664. The maximum absolute atomic E-state index is 12.8. The summed E-state index contributed by atoms with van der Waals surface area (Å²) in [6, 6.07) is 7.11. The lowest BCUT2D eigenvalue weighted by molar-refractivity contribution is -0.161. The molecule has 22 heavy (non-hydrogen) atoms. The van der Waals surface area contributed by atoms with Crippen molar-refractivity contribution in [2.24, 2.45) is 5.41 Å². The molecular formula is C18H20O4. The van der Waals surface area contributed by atoms with E-state index in [2.05, 4.69) is 0 Å². The molecule has 1 aromatic rings. The molecule has 0 aliphatic heterocycles. The van der Waals surface area contributed by atoms with E-state index >= 15 is 0 Å². The number of carbonyl (C=O) groups excluding carboxylic acids is 3. The Hall–Kier alpha value is -2.23.